The molecule has 3 rings (SSSR count). The number of para-hydroxylation sites is 1. The lowest BCUT2D eigenvalue weighted by atomic mass is 10.1. The van der Waals surface area contributed by atoms with Crippen molar-refractivity contribution in [3.05, 3.63) is 88.7 Å². The normalized spacial score (nSPS) is 10.3. The average molecular weight is 330 g/mol. The molecular weight excluding hydrogens is 312 g/mol. The van der Waals surface area contributed by atoms with E-state index in [2.05, 4.69) is 6.07 Å². The van der Waals surface area contributed by atoms with Crippen LogP contribution in [0, 0.1) is 25.2 Å². The predicted molar refractivity (Wildman–Crippen MR) is 95.5 cm³/mol. The summed E-state index contributed by atoms with van der Waals surface area (Å²) >= 11 is 0. The van der Waals surface area contributed by atoms with Gasteiger partial charge < -0.3 is 9.30 Å². The molecule has 4 nitrogen and oxygen atoms in total. The number of carbonyl (C=O) groups is 1. The van der Waals surface area contributed by atoms with Gasteiger partial charge in [0.05, 0.1) is 17.2 Å². The fourth-order valence-electron chi connectivity index (χ4n) is 2.85. The largest absolute Gasteiger partial charge is 0.457 e. The third kappa shape index (κ3) is 3.46. The molecule has 1 heterocycles. The molecule has 0 unspecified atom stereocenters. The van der Waals surface area contributed by atoms with Crippen LogP contribution in [0.4, 0.5) is 0 Å². The fraction of sp³-hybridized carbons (Fsp3) is 0.143. The van der Waals surface area contributed by atoms with Crippen molar-refractivity contribution in [2.24, 2.45) is 0 Å². The van der Waals surface area contributed by atoms with Crippen molar-refractivity contribution in [2.45, 2.75) is 20.5 Å². The van der Waals surface area contributed by atoms with E-state index in [0.29, 0.717) is 11.1 Å². The molecule has 1 aromatic heterocycles. The van der Waals surface area contributed by atoms with Gasteiger partial charge in [-0.1, -0.05) is 30.3 Å². The fourth-order valence-corrected chi connectivity index (χ4v) is 2.85. The summed E-state index contributed by atoms with van der Waals surface area (Å²) in [7, 11) is 0. The molecule has 0 aliphatic heterocycles. The highest BCUT2D eigenvalue weighted by atomic mass is 16.5. The third-order valence-corrected chi connectivity index (χ3v) is 4.12. The van der Waals surface area contributed by atoms with Crippen LogP contribution in [0.25, 0.3) is 5.69 Å². The summed E-state index contributed by atoms with van der Waals surface area (Å²) in [4.78, 5) is 12.5. The number of benzene rings is 2. The number of rotatable bonds is 4. The van der Waals surface area contributed by atoms with Gasteiger partial charge in [-0.3, -0.25) is 0 Å². The molecule has 0 N–H and O–H groups in total. The second kappa shape index (κ2) is 7.06. The Morgan fingerprint density at radius 3 is 2.40 bits per heavy atom. The number of aromatic nitrogens is 1. The summed E-state index contributed by atoms with van der Waals surface area (Å²) < 4.78 is 7.48. The van der Waals surface area contributed by atoms with E-state index in [9.17, 15) is 4.79 Å². The quantitative estimate of drug-likeness (QED) is 0.669. The molecule has 0 fully saturated rings. The number of nitrogens with zero attached hydrogens (tertiary/aromatic N) is 2. The van der Waals surface area contributed by atoms with Crippen molar-refractivity contribution >= 4 is 5.97 Å². The molecule has 2 aromatic carbocycles. The van der Waals surface area contributed by atoms with E-state index in [1.54, 1.807) is 24.3 Å². The summed E-state index contributed by atoms with van der Waals surface area (Å²) in [5.74, 6) is -0.348. The van der Waals surface area contributed by atoms with Crippen molar-refractivity contribution < 1.29 is 9.53 Å². The van der Waals surface area contributed by atoms with Crippen LogP contribution in [0.15, 0.2) is 60.7 Å². The number of ether oxygens (including phenoxy) is 1. The van der Waals surface area contributed by atoms with Gasteiger partial charge in [0.15, 0.2) is 0 Å². The molecular formula is C21H18N2O2. The molecule has 4 heteroatoms. The molecule has 25 heavy (non-hydrogen) atoms. The highest BCUT2D eigenvalue weighted by molar-refractivity contribution is 5.91. The number of hydrogen-bond donors (Lipinski definition) is 0. The van der Waals surface area contributed by atoms with E-state index in [-0.39, 0.29) is 12.6 Å². The zero-order valence-corrected chi connectivity index (χ0v) is 14.2. The van der Waals surface area contributed by atoms with Crippen molar-refractivity contribution in [2.75, 3.05) is 0 Å². The summed E-state index contributed by atoms with van der Waals surface area (Å²) in [6.07, 6.45) is 0. The van der Waals surface area contributed by atoms with E-state index in [1.165, 1.54) is 0 Å². The highest BCUT2D eigenvalue weighted by Crippen LogP contribution is 2.21. The molecule has 3 aromatic rings. The van der Waals surface area contributed by atoms with Crippen molar-refractivity contribution in [3.8, 4) is 11.8 Å². The minimum atomic E-state index is -0.348. The number of hydrogen-bond acceptors (Lipinski definition) is 3. The average Bonchev–Trinajstić information content (AvgIpc) is 2.95. The molecule has 0 aliphatic carbocycles. The Morgan fingerprint density at radius 2 is 1.76 bits per heavy atom. The maximum absolute atomic E-state index is 12.5. The Hall–Kier alpha value is -3.32. The Morgan fingerprint density at radius 1 is 1.08 bits per heavy atom. The molecule has 0 spiro atoms. The van der Waals surface area contributed by atoms with E-state index >= 15 is 0 Å². The lowest BCUT2D eigenvalue weighted by molar-refractivity contribution is 0.0472. The lowest BCUT2D eigenvalue weighted by Crippen LogP contribution is -2.07. The summed E-state index contributed by atoms with van der Waals surface area (Å²) in [6.45, 7) is 4.06. The SMILES string of the molecule is Cc1cc(C(=O)OCc2ccc(C#N)cc2)c(C)n1-c1ccccc1. The maximum atomic E-state index is 12.5. The first-order valence-corrected chi connectivity index (χ1v) is 8.00. The molecule has 124 valence electrons. The first-order valence-electron chi connectivity index (χ1n) is 8.00. The highest BCUT2D eigenvalue weighted by Gasteiger charge is 2.17. The van der Waals surface area contributed by atoms with Crippen LogP contribution in [0.3, 0.4) is 0 Å². The molecule has 0 atom stereocenters. The van der Waals surface area contributed by atoms with Gasteiger partial charge >= 0.3 is 5.97 Å². The van der Waals surface area contributed by atoms with Crippen LogP contribution in [0.5, 0.6) is 0 Å². The van der Waals surface area contributed by atoms with Gasteiger partial charge in [0.25, 0.3) is 0 Å². The number of nitriles is 1. The van der Waals surface area contributed by atoms with Gasteiger partial charge in [0, 0.05) is 17.1 Å². The first kappa shape index (κ1) is 16.5. The zero-order valence-electron chi connectivity index (χ0n) is 14.2. The van der Waals surface area contributed by atoms with Gasteiger partial charge in [0.1, 0.15) is 6.61 Å². The predicted octanol–water partition coefficient (Wildman–Crippen LogP) is 4.32. The van der Waals surface area contributed by atoms with Gasteiger partial charge in [-0.15, -0.1) is 0 Å². The monoisotopic (exact) mass is 330 g/mol. The van der Waals surface area contributed by atoms with Crippen LogP contribution >= 0.6 is 0 Å². The second-order valence-corrected chi connectivity index (χ2v) is 5.84. The lowest BCUT2D eigenvalue weighted by Gasteiger charge is -2.10. The van der Waals surface area contributed by atoms with E-state index in [0.717, 1.165) is 22.6 Å². The Kier molecular flexibility index (Phi) is 4.67. The number of carbonyl (C=O) groups excluding carboxylic acids is 1. The van der Waals surface area contributed by atoms with Crippen LogP contribution in [-0.4, -0.2) is 10.5 Å². The Balaban J connectivity index is 1.77. The van der Waals surface area contributed by atoms with E-state index in [1.807, 2.05) is 54.8 Å². The standard InChI is InChI=1S/C21H18N2O2/c1-15-12-20(16(2)23(15)19-6-4-3-5-7-19)21(24)25-14-18-10-8-17(13-22)9-11-18/h3-12H,14H2,1-2H3. The number of esters is 1. The van der Waals surface area contributed by atoms with Gasteiger partial charge in [0.2, 0.25) is 0 Å². The minimum Gasteiger partial charge on any atom is -0.457 e. The van der Waals surface area contributed by atoms with Crippen LogP contribution in [0.1, 0.15) is 32.9 Å². The van der Waals surface area contributed by atoms with Crippen LogP contribution < -0.4 is 0 Å². The minimum absolute atomic E-state index is 0.180. The Labute approximate surface area is 146 Å². The van der Waals surface area contributed by atoms with Crippen molar-refractivity contribution in [3.63, 3.8) is 0 Å². The third-order valence-electron chi connectivity index (χ3n) is 4.12. The molecule has 0 saturated carbocycles. The number of aryl methyl sites for hydroxylation is 1. The van der Waals surface area contributed by atoms with Gasteiger partial charge in [-0.2, -0.15) is 5.26 Å². The molecule has 0 saturated heterocycles. The molecule has 0 radical (unpaired) electrons. The molecule has 0 amide bonds. The van der Waals surface area contributed by atoms with E-state index in [4.69, 9.17) is 10.00 Å². The Bertz CT molecular complexity index is 933. The second-order valence-electron chi connectivity index (χ2n) is 5.84. The van der Waals surface area contributed by atoms with Gasteiger partial charge in [-0.05, 0) is 49.7 Å². The van der Waals surface area contributed by atoms with Gasteiger partial charge in [-0.25, -0.2) is 4.79 Å². The first-order chi connectivity index (χ1) is 12.1. The van der Waals surface area contributed by atoms with Crippen LogP contribution in [-0.2, 0) is 11.3 Å². The smallest absolute Gasteiger partial charge is 0.340 e. The zero-order chi connectivity index (χ0) is 17.8. The molecule has 0 aliphatic rings. The summed E-state index contributed by atoms with van der Waals surface area (Å²) in [5, 5.41) is 8.81. The van der Waals surface area contributed by atoms with Crippen molar-refractivity contribution in [1.29, 1.82) is 5.26 Å². The maximum Gasteiger partial charge on any atom is 0.340 e. The van der Waals surface area contributed by atoms with Crippen molar-refractivity contribution in [1.82, 2.24) is 4.57 Å². The van der Waals surface area contributed by atoms with E-state index < -0.39 is 0 Å². The summed E-state index contributed by atoms with van der Waals surface area (Å²) in [6, 6.07) is 20.8. The topological polar surface area (TPSA) is 55.0 Å². The van der Waals surface area contributed by atoms with Crippen LogP contribution in [0.2, 0.25) is 0 Å². The summed E-state index contributed by atoms with van der Waals surface area (Å²) in [5.41, 5.74) is 4.85. The molecule has 0 bridgehead atoms.